The van der Waals surface area contributed by atoms with E-state index in [4.69, 9.17) is 0 Å². The van der Waals surface area contributed by atoms with Gasteiger partial charge in [0.2, 0.25) is 5.91 Å². The van der Waals surface area contributed by atoms with E-state index in [2.05, 4.69) is 48.7 Å². The van der Waals surface area contributed by atoms with Gasteiger partial charge in [-0.2, -0.15) is 0 Å². The Morgan fingerprint density at radius 1 is 1.21 bits per heavy atom. The minimum absolute atomic E-state index is 0. The number of carbonyl (C=O) groups is 1. The molecule has 1 aliphatic rings. The predicted octanol–water partition coefficient (Wildman–Crippen LogP) is 1.42. The minimum atomic E-state index is -0.244. The molecule has 1 aliphatic heterocycles. The van der Waals surface area contributed by atoms with Crippen molar-refractivity contribution < 1.29 is 4.79 Å². The van der Waals surface area contributed by atoms with Gasteiger partial charge in [0.15, 0.2) is 5.96 Å². The molecule has 164 valence electrons. The van der Waals surface area contributed by atoms with Crippen molar-refractivity contribution in [2.75, 3.05) is 51.2 Å². The Morgan fingerprint density at radius 3 is 2.48 bits per heavy atom. The maximum atomic E-state index is 11.9. The van der Waals surface area contributed by atoms with E-state index >= 15 is 0 Å². The number of halogens is 1. The van der Waals surface area contributed by atoms with Crippen molar-refractivity contribution in [3.63, 3.8) is 0 Å². The van der Waals surface area contributed by atoms with Gasteiger partial charge in [-0.15, -0.1) is 24.0 Å². The zero-order valence-electron chi connectivity index (χ0n) is 18.3. The third-order valence-corrected chi connectivity index (χ3v) is 4.57. The number of aromatic nitrogens is 1. The number of hydrogen-bond donors (Lipinski definition) is 3. The number of aliphatic imine (C=N–C) groups is 1. The van der Waals surface area contributed by atoms with Crippen molar-refractivity contribution >= 4 is 41.7 Å². The van der Waals surface area contributed by atoms with Crippen LogP contribution < -0.4 is 20.9 Å². The molecule has 0 saturated carbocycles. The average Bonchev–Trinajstić information content (AvgIpc) is 2.67. The molecular weight excluding hydrogens is 481 g/mol. The van der Waals surface area contributed by atoms with Crippen LogP contribution in [0.1, 0.15) is 33.3 Å². The van der Waals surface area contributed by atoms with Crippen LogP contribution in [0, 0.1) is 0 Å². The first-order chi connectivity index (χ1) is 13.3. The molecule has 1 saturated heterocycles. The van der Waals surface area contributed by atoms with Crippen molar-refractivity contribution in [1.82, 2.24) is 25.8 Å². The molecule has 0 bridgehead atoms. The van der Waals surface area contributed by atoms with Crippen LogP contribution in [-0.2, 0) is 11.3 Å². The summed E-state index contributed by atoms with van der Waals surface area (Å²) in [5, 5.41) is 9.22. The van der Waals surface area contributed by atoms with Crippen LogP contribution in [0.25, 0.3) is 0 Å². The summed E-state index contributed by atoms with van der Waals surface area (Å²) in [4.78, 5) is 25.4. The normalized spacial score (nSPS) is 15.5. The van der Waals surface area contributed by atoms with Crippen LogP contribution in [0.3, 0.4) is 0 Å². The SMILES string of the molecule is CCN1CCN(c2cc(CNC(=NC)NCC(=O)NC(C)(C)C)ccn2)CC1.I. The summed E-state index contributed by atoms with van der Waals surface area (Å²) in [6.45, 7) is 14.1. The molecule has 29 heavy (non-hydrogen) atoms. The van der Waals surface area contributed by atoms with Gasteiger partial charge in [0.05, 0.1) is 6.54 Å². The molecule has 1 aromatic rings. The van der Waals surface area contributed by atoms with Crippen LogP contribution in [0.5, 0.6) is 0 Å². The second kappa shape index (κ2) is 12.2. The zero-order chi connectivity index (χ0) is 20.6. The van der Waals surface area contributed by atoms with Crippen molar-refractivity contribution in [3.8, 4) is 0 Å². The summed E-state index contributed by atoms with van der Waals surface area (Å²) in [6.07, 6.45) is 1.85. The first-order valence-corrected chi connectivity index (χ1v) is 9.98. The van der Waals surface area contributed by atoms with Crippen LogP contribution in [0.4, 0.5) is 5.82 Å². The number of amides is 1. The molecule has 0 unspecified atom stereocenters. The predicted molar refractivity (Wildman–Crippen MR) is 130 cm³/mol. The molecule has 1 aromatic heterocycles. The summed E-state index contributed by atoms with van der Waals surface area (Å²) in [7, 11) is 1.70. The first-order valence-electron chi connectivity index (χ1n) is 9.98. The first kappa shape index (κ1) is 25.4. The number of anilines is 1. The molecule has 1 amide bonds. The fraction of sp³-hybridized carbons (Fsp3) is 0.650. The van der Waals surface area contributed by atoms with Gasteiger partial charge in [0.25, 0.3) is 0 Å². The topological polar surface area (TPSA) is 84.9 Å². The van der Waals surface area contributed by atoms with E-state index in [0.717, 1.165) is 44.1 Å². The molecule has 1 fully saturated rings. The molecular formula is C20H36IN7O. The van der Waals surface area contributed by atoms with Crippen LogP contribution in [-0.4, -0.2) is 73.6 Å². The maximum absolute atomic E-state index is 11.9. The average molecular weight is 517 g/mol. The quantitative estimate of drug-likeness (QED) is 0.301. The fourth-order valence-electron chi connectivity index (χ4n) is 3.07. The van der Waals surface area contributed by atoms with Gasteiger partial charge in [0.1, 0.15) is 5.82 Å². The minimum Gasteiger partial charge on any atom is -0.354 e. The second-order valence-electron chi connectivity index (χ2n) is 8.02. The van der Waals surface area contributed by atoms with E-state index in [9.17, 15) is 4.79 Å². The third-order valence-electron chi connectivity index (χ3n) is 4.57. The number of piperazine rings is 1. The zero-order valence-corrected chi connectivity index (χ0v) is 20.6. The highest BCUT2D eigenvalue weighted by Gasteiger charge is 2.17. The lowest BCUT2D eigenvalue weighted by molar-refractivity contribution is -0.121. The molecule has 0 aliphatic carbocycles. The van der Waals surface area contributed by atoms with Gasteiger partial charge < -0.3 is 25.8 Å². The van der Waals surface area contributed by atoms with E-state index < -0.39 is 0 Å². The van der Waals surface area contributed by atoms with Gasteiger partial charge >= 0.3 is 0 Å². The summed E-state index contributed by atoms with van der Waals surface area (Å²) in [5.74, 6) is 1.55. The van der Waals surface area contributed by atoms with E-state index in [-0.39, 0.29) is 42.0 Å². The van der Waals surface area contributed by atoms with E-state index in [1.165, 1.54) is 0 Å². The van der Waals surface area contributed by atoms with Crippen molar-refractivity contribution in [2.45, 2.75) is 39.8 Å². The Balaban J connectivity index is 0.00000420. The molecule has 2 heterocycles. The van der Waals surface area contributed by atoms with Crippen molar-refractivity contribution in [3.05, 3.63) is 23.9 Å². The third kappa shape index (κ3) is 9.16. The number of pyridine rings is 1. The van der Waals surface area contributed by atoms with E-state index in [1.807, 2.05) is 33.0 Å². The number of nitrogens with zero attached hydrogens (tertiary/aromatic N) is 4. The summed E-state index contributed by atoms with van der Waals surface area (Å²) in [6, 6.07) is 4.12. The number of rotatable bonds is 6. The van der Waals surface area contributed by atoms with Gasteiger partial charge in [-0.05, 0) is 45.0 Å². The van der Waals surface area contributed by atoms with Gasteiger partial charge in [0, 0.05) is 51.5 Å². The van der Waals surface area contributed by atoms with Gasteiger partial charge in [-0.25, -0.2) is 4.98 Å². The smallest absolute Gasteiger partial charge is 0.239 e. The van der Waals surface area contributed by atoms with Crippen molar-refractivity contribution in [1.29, 1.82) is 0 Å². The molecule has 3 N–H and O–H groups in total. The standard InChI is InChI=1S/C20H35N7O.HI/c1-6-26-9-11-27(12-10-26)17-13-16(7-8-22-17)14-23-19(21-5)24-15-18(28)25-20(2,3)4;/h7-8,13H,6,9-12,14-15H2,1-5H3,(H,25,28)(H2,21,23,24);1H. The highest BCUT2D eigenvalue weighted by molar-refractivity contribution is 14.0. The number of guanidine groups is 1. The van der Waals surface area contributed by atoms with E-state index in [1.54, 1.807) is 7.05 Å². The Hall–Kier alpha value is -1.62. The van der Waals surface area contributed by atoms with E-state index in [0.29, 0.717) is 12.5 Å². The number of carbonyl (C=O) groups excluding carboxylic acids is 1. The van der Waals surface area contributed by atoms with Crippen LogP contribution in [0.2, 0.25) is 0 Å². The Bertz CT molecular complexity index is 667. The van der Waals surface area contributed by atoms with Crippen LogP contribution in [0.15, 0.2) is 23.3 Å². The number of nitrogens with one attached hydrogen (secondary N) is 3. The van der Waals surface area contributed by atoms with Gasteiger partial charge in [-0.1, -0.05) is 6.92 Å². The molecule has 9 heteroatoms. The molecule has 0 atom stereocenters. The number of hydrogen-bond acceptors (Lipinski definition) is 5. The summed E-state index contributed by atoms with van der Waals surface area (Å²) >= 11 is 0. The lowest BCUT2D eigenvalue weighted by atomic mass is 10.1. The monoisotopic (exact) mass is 517 g/mol. The van der Waals surface area contributed by atoms with Gasteiger partial charge in [-0.3, -0.25) is 9.79 Å². The highest BCUT2D eigenvalue weighted by Crippen LogP contribution is 2.15. The molecule has 2 rings (SSSR count). The summed E-state index contributed by atoms with van der Waals surface area (Å²) < 4.78 is 0. The molecule has 8 nitrogen and oxygen atoms in total. The lowest BCUT2D eigenvalue weighted by Crippen LogP contribution is -2.48. The molecule has 0 radical (unpaired) electrons. The van der Waals surface area contributed by atoms with Crippen molar-refractivity contribution in [2.24, 2.45) is 4.99 Å². The van der Waals surface area contributed by atoms with Crippen LogP contribution >= 0.6 is 24.0 Å². The molecule has 0 spiro atoms. The Morgan fingerprint density at radius 2 is 1.90 bits per heavy atom. The second-order valence-corrected chi connectivity index (χ2v) is 8.02. The Kier molecular flexibility index (Phi) is 10.7. The summed E-state index contributed by atoms with van der Waals surface area (Å²) in [5.41, 5.74) is 0.885. The highest BCUT2D eigenvalue weighted by atomic mass is 127. The number of likely N-dealkylation sites (N-methyl/N-ethyl adjacent to an activating group) is 1. The lowest BCUT2D eigenvalue weighted by Gasteiger charge is -2.34. The fourth-order valence-corrected chi connectivity index (χ4v) is 3.07. The maximum Gasteiger partial charge on any atom is 0.239 e. The largest absolute Gasteiger partial charge is 0.354 e. The Labute approximate surface area is 191 Å². The molecule has 0 aromatic carbocycles.